The zero-order valence-electron chi connectivity index (χ0n) is 44.8. The van der Waals surface area contributed by atoms with Gasteiger partial charge in [-0.1, -0.05) is 0 Å². The molecule has 0 spiro atoms. The third kappa shape index (κ3) is 9.54. The van der Waals surface area contributed by atoms with Crippen LogP contribution in [0.15, 0.2) is 0 Å². The van der Waals surface area contributed by atoms with Crippen LogP contribution in [0.1, 0.15) is 209 Å². The molecule has 10 nitrogen and oxygen atoms in total. The van der Waals surface area contributed by atoms with Gasteiger partial charge in [0.2, 0.25) is 0 Å². The van der Waals surface area contributed by atoms with Crippen molar-refractivity contribution in [2.75, 3.05) is 26.4 Å². The van der Waals surface area contributed by atoms with E-state index in [4.69, 9.17) is 28.1 Å². The van der Waals surface area contributed by atoms with Crippen LogP contribution < -0.4 is 27.5 Å². The summed E-state index contributed by atoms with van der Waals surface area (Å²) in [5.74, 6) is 0. The molecule has 3 aromatic heterocycles. The van der Waals surface area contributed by atoms with Crippen LogP contribution in [-0.2, 0) is 40.9 Å². The van der Waals surface area contributed by atoms with Crippen molar-refractivity contribution < 1.29 is 37.2 Å². The second-order valence-corrected chi connectivity index (χ2v) is 24.5. The summed E-state index contributed by atoms with van der Waals surface area (Å²) in [5, 5.41) is 0. The van der Waals surface area contributed by atoms with Gasteiger partial charge in [0, 0.05) is 26.4 Å². The van der Waals surface area contributed by atoms with E-state index >= 15 is 0 Å². The molecule has 2 aliphatic heterocycles. The van der Waals surface area contributed by atoms with Crippen LogP contribution in [0.5, 0.6) is 0 Å². The fourth-order valence-corrected chi connectivity index (χ4v) is 15.3. The molecule has 1 aliphatic carbocycles. The standard InChI is InChI=1S/C42H72B2N4O4Te.2C4H10O/c1-25(2)45-29(9)30(10)46(26(3)4)37(45)43(49-39(13,14)40(15,16)50-43)35-33-23-21-22-24-34(33)36(53-35)44(51-41(17,18)42(19,20)52-44)38-47(27(5)6)31(11)32(12)48(38)28(7)8;2*1-3-5-4-2/h25-28H,21-24H2,1-20H3;2*3-4H2,1-2H3. The van der Waals surface area contributed by atoms with E-state index in [1.807, 2.05) is 27.7 Å². The first kappa shape index (κ1) is 54.2. The average molecular weight is 995 g/mol. The molecular formula is C50H92B2N4O6Te. The second kappa shape index (κ2) is 20.0. The van der Waals surface area contributed by atoms with Crippen molar-refractivity contribution in [3.05, 3.63) is 33.9 Å². The monoisotopic (exact) mass is 997 g/mol. The summed E-state index contributed by atoms with van der Waals surface area (Å²) in [6, 6.07) is 0.931. The first-order valence-electron chi connectivity index (χ1n) is 24.7. The van der Waals surface area contributed by atoms with Crippen molar-refractivity contribution in [1.82, 2.24) is 9.13 Å². The van der Waals surface area contributed by atoms with Crippen LogP contribution in [0.4, 0.5) is 0 Å². The number of fused-ring (bicyclic) bond motifs is 1. The molecule has 0 atom stereocenters. The van der Waals surface area contributed by atoms with Crippen molar-refractivity contribution >= 4 is 51.9 Å². The van der Waals surface area contributed by atoms with Gasteiger partial charge in [0.15, 0.2) is 0 Å². The molecule has 13 heteroatoms. The number of hydrogen-bond donors (Lipinski definition) is 0. The molecule has 3 aromatic rings. The molecule has 5 heterocycles. The fourth-order valence-electron chi connectivity index (χ4n) is 10.6. The molecule has 0 unspecified atom stereocenters. The Hall–Kier alpha value is -1.42. The minimum absolute atomic E-state index is 0.233. The molecule has 0 N–H and O–H groups in total. The Morgan fingerprint density at radius 3 is 1.00 bits per heavy atom. The summed E-state index contributed by atoms with van der Waals surface area (Å²) in [6.07, 6.45) is 4.40. The van der Waals surface area contributed by atoms with Crippen LogP contribution in [-0.4, -0.2) is 91.5 Å². The summed E-state index contributed by atoms with van der Waals surface area (Å²) in [4.78, 5) is 0. The quantitative estimate of drug-likeness (QED) is 0.137. The van der Waals surface area contributed by atoms with E-state index in [2.05, 4.69) is 157 Å². The number of nitrogens with zero attached hydrogens (tertiary/aromatic N) is 4. The van der Waals surface area contributed by atoms with Gasteiger partial charge in [0.25, 0.3) is 0 Å². The number of imidazole rings is 2. The van der Waals surface area contributed by atoms with Gasteiger partial charge in [-0.3, -0.25) is 0 Å². The van der Waals surface area contributed by atoms with Crippen molar-refractivity contribution in [1.29, 1.82) is 0 Å². The molecule has 0 radical (unpaired) electrons. The normalized spacial score (nSPS) is 20.3. The number of ether oxygens (including phenoxy) is 2. The molecule has 3 aliphatic rings. The van der Waals surface area contributed by atoms with Crippen molar-refractivity contribution in [2.45, 2.75) is 238 Å². The van der Waals surface area contributed by atoms with Crippen LogP contribution in [0.3, 0.4) is 0 Å². The molecule has 0 amide bonds. The van der Waals surface area contributed by atoms with Gasteiger partial charge in [-0.15, -0.1) is 0 Å². The number of aromatic nitrogens is 4. The van der Waals surface area contributed by atoms with Crippen LogP contribution in [0.2, 0.25) is 0 Å². The van der Waals surface area contributed by atoms with Gasteiger partial charge < -0.3 is 9.47 Å². The molecule has 0 saturated carbocycles. The Labute approximate surface area is 395 Å². The van der Waals surface area contributed by atoms with E-state index in [0.29, 0.717) is 0 Å². The predicted octanol–water partition coefficient (Wildman–Crippen LogP) is 7.76. The van der Waals surface area contributed by atoms with E-state index < -0.39 is 55.9 Å². The third-order valence-electron chi connectivity index (χ3n) is 14.8. The third-order valence-corrected chi connectivity index (χ3v) is 19.2. The summed E-state index contributed by atoms with van der Waals surface area (Å²) in [5.41, 5.74) is 8.36. The van der Waals surface area contributed by atoms with Gasteiger partial charge in [-0.25, -0.2) is 0 Å². The Bertz CT molecular complexity index is 1800. The Kier molecular flexibility index (Phi) is 17.2. The van der Waals surface area contributed by atoms with Crippen molar-refractivity contribution in [3.63, 3.8) is 0 Å². The molecule has 0 bridgehead atoms. The molecule has 63 heavy (non-hydrogen) atoms. The second-order valence-electron chi connectivity index (χ2n) is 21.4. The number of hydrogen-bond acceptors (Lipinski definition) is 6. The summed E-state index contributed by atoms with van der Waals surface area (Å²) in [7, 11) is 0. The maximum atomic E-state index is 7.76. The van der Waals surface area contributed by atoms with Gasteiger partial charge in [0.1, 0.15) is 0 Å². The number of rotatable bonds is 12. The SMILES string of the molecule is CCOCC.CCOCC.Cc1c(C)[n+](C(C)C)c([B-]2(c3[te]c([B-]4(c5n(C(C)C)c(C)c(C)[n+]5C(C)C)OC(C)(C)C(C)(C)O4)c4c3CCCC4)OC(C)(C)C(C)(C)O2)n1C(C)C. The maximum absolute atomic E-state index is 7.76. The average Bonchev–Trinajstić information content (AvgIpc) is 3.88. The van der Waals surface area contributed by atoms with Gasteiger partial charge >= 0.3 is 333 Å². The zero-order valence-corrected chi connectivity index (χ0v) is 47.1. The van der Waals surface area contributed by atoms with E-state index in [1.54, 1.807) is 0 Å². The van der Waals surface area contributed by atoms with Gasteiger partial charge in [-0.2, -0.15) is 0 Å². The van der Waals surface area contributed by atoms with Crippen molar-refractivity contribution in [3.8, 4) is 0 Å². The predicted molar refractivity (Wildman–Crippen MR) is 265 cm³/mol. The van der Waals surface area contributed by atoms with Gasteiger partial charge in [-0.05, 0) is 27.7 Å². The summed E-state index contributed by atoms with van der Waals surface area (Å²) >= 11 is -1.14. The van der Waals surface area contributed by atoms with Gasteiger partial charge in [0.05, 0.1) is 0 Å². The van der Waals surface area contributed by atoms with E-state index in [9.17, 15) is 0 Å². The van der Waals surface area contributed by atoms with Crippen LogP contribution in [0, 0.1) is 27.7 Å². The van der Waals surface area contributed by atoms with Crippen LogP contribution >= 0.6 is 0 Å². The van der Waals surface area contributed by atoms with E-state index in [0.717, 1.165) is 39.3 Å². The molecule has 0 aromatic carbocycles. The summed E-state index contributed by atoms with van der Waals surface area (Å²) in [6.45, 7) is 52.7. The van der Waals surface area contributed by atoms with E-state index in [1.165, 1.54) is 65.1 Å². The fraction of sp³-hybridized carbons (Fsp3) is 0.800. The molecule has 360 valence electrons. The zero-order chi connectivity index (χ0) is 48.0. The molecule has 2 saturated heterocycles. The first-order valence-corrected chi connectivity index (χ1v) is 27.0. The molecule has 2 fully saturated rings. The Balaban J connectivity index is 0.000000784. The van der Waals surface area contributed by atoms with Crippen LogP contribution in [0.25, 0.3) is 0 Å². The molecule has 6 rings (SSSR count). The van der Waals surface area contributed by atoms with Crippen molar-refractivity contribution in [2.24, 2.45) is 0 Å². The topological polar surface area (TPSA) is 73.0 Å². The first-order chi connectivity index (χ1) is 29.0. The minimum atomic E-state index is -2.09. The molecular weight excluding hydrogens is 902 g/mol. The Morgan fingerprint density at radius 2 is 0.794 bits per heavy atom. The van der Waals surface area contributed by atoms with E-state index in [-0.39, 0.29) is 24.2 Å². The summed E-state index contributed by atoms with van der Waals surface area (Å²) < 4.78 is 53.8. The Morgan fingerprint density at radius 1 is 0.524 bits per heavy atom.